The van der Waals surface area contributed by atoms with Gasteiger partial charge in [0.05, 0.1) is 6.61 Å². The summed E-state index contributed by atoms with van der Waals surface area (Å²) >= 11 is 1.39. The predicted molar refractivity (Wildman–Crippen MR) is 100 cm³/mol. The Morgan fingerprint density at radius 2 is 2.17 bits per heavy atom. The minimum Gasteiger partial charge on any atom is -0.461 e. The maximum atomic E-state index is 11.7. The SMILES string of the molecule is CCOC(=O)c1ncc(CN2Cc3ccccc3C(N)C2)s1.Cl.Cl. The minimum absolute atomic E-state index is 0. The van der Waals surface area contributed by atoms with E-state index in [0.29, 0.717) is 11.6 Å². The van der Waals surface area contributed by atoms with Gasteiger partial charge in [0.2, 0.25) is 5.01 Å². The number of halogens is 2. The highest BCUT2D eigenvalue weighted by Gasteiger charge is 2.23. The van der Waals surface area contributed by atoms with E-state index in [1.54, 1.807) is 13.1 Å². The third-order valence-electron chi connectivity index (χ3n) is 3.69. The van der Waals surface area contributed by atoms with Crippen molar-refractivity contribution in [3.05, 3.63) is 51.5 Å². The van der Waals surface area contributed by atoms with Crippen LogP contribution < -0.4 is 5.73 Å². The third kappa shape index (κ3) is 4.68. The van der Waals surface area contributed by atoms with Gasteiger partial charge < -0.3 is 10.5 Å². The molecule has 2 aromatic rings. The van der Waals surface area contributed by atoms with Crippen LogP contribution in [0, 0.1) is 0 Å². The Morgan fingerprint density at radius 3 is 2.92 bits per heavy atom. The van der Waals surface area contributed by atoms with Crippen LogP contribution >= 0.6 is 36.2 Å². The largest absolute Gasteiger partial charge is 0.461 e. The lowest BCUT2D eigenvalue weighted by molar-refractivity contribution is 0.0526. The summed E-state index contributed by atoms with van der Waals surface area (Å²) in [4.78, 5) is 19.1. The number of hydrogen-bond donors (Lipinski definition) is 1. The lowest BCUT2D eigenvalue weighted by atomic mass is 9.96. The second-order valence-electron chi connectivity index (χ2n) is 5.33. The van der Waals surface area contributed by atoms with Crippen molar-refractivity contribution in [2.24, 2.45) is 5.73 Å². The summed E-state index contributed by atoms with van der Waals surface area (Å²) in [7, 11) is 0. The summed E-state index contributed by atoms with van der Waals surface area (Å²) < 4.78 is 4.97. The van der Waals surface area contributed by atoms with Crippen LogP contribution in [0.4, 0.5) is 0 Å². The van der Waals surface area contributed by atoms with Crippen molar-refractivity contribution in [1.29, 1.82) is 0 Å². The molecule has 0 aliphatic carbocycles. The number of nitrogens with zero attached hydrogens (tertiary/aromatic N) is 2. The van der Waals surface area contributed by atoms with Crippen LogP contribution in [0.2, 0.25) is 0 Å². The zero-order chi connectivity index (χ0) is 15.5. The summed E-state index contributed by atoms with van der Waals surface area (Å²) in [6.07, 6.45) is 1.75. The average Bonchev–Trinajstić information content (AvgIpc) is 2.96. The Balaban J connectivity index is 0.00000144. The molecule has 5 nitrogen and oxygen atoms in total. The second-order valence-corrected chi connectivity index (χ2v) is 6.44. The molecule has 1 unspecified atom stereocenters. The number of thiazole rings is 1. The van der Waals surface area contributed by atoms with Gasteiger partial charge in [-0.05, 0) is 18.1 Å². The van der Waals surface area contributed by atoms with Crippen LogP contribution in [0.5, 0.6) is 0 Å². The molecule has 0 radical (unpaired) electrons. The van der Waals surface area contributed by atoms with Crippen molar-refractivity contribution >= 4 is 42.1 Å². The molecule has 0 saturated heterocycles. The van der Waals surface area contributed by atoms with Crippen LogP contribution in [0.25, 0.3) is 0 Å². The number of esters is 1. The fraction of sp³-hybridized carbons (Fsp3) is 0.375. The Bertz CT molecular complexity index is 681. The van der Waals surface area contributed by atoms with E-state index >= 15 is 0 Å². The number of aromatic nitrogens is 1. The molecule has 132 valence electrons. The number of fused-ring (bicyclic) bond motifs is 1. The number of hydrogen-bond acceptors (Lipinski definition) is 6. The lowest BCUT2D eigenvalue weighted by Gasteiger charge is -2.32. The predicted octanol–water partition coefficient (Wildman–Crippen LogP) is 3.18. The number of benzene rings is 1. The molecular formula is C16H21Cl2N3O2S. The van der Waals surface area contributed by atoms with Crippen LogP contribution in [-0.2, 0) is 17.8 Å². The fourth-order valence-corrected chi connectivity index (χ4v) is 3.58. The van der Waals surface area contributed by atoms with Gasteiger partial charge in [0.25, 0.3) is 0 Å². The Kier molecular flexibility index (Phi) is 8.12. The van der Waals surface area contributed by atoms with E-state index in [1.165, 1.54) is 22.5 Å². The van der Waals surface area contributed by atoms with Gasteiger partial charge in [0, 0.05) is 36.8 Å². The fourth-order valence-electron chi connectivity index (χ4n) is 2.73. The third-order valence-corrected chi connectivity index (χ3v) is 4.65. The van der Waals surface area contributed by atoms with E-state index in [-0.39, 0.29) is 36.8 Å². The summed E-state index contributed by atoms with van der Waals surface area (Å²) in [6, 6.07) is 8.33. The van der Waals surface area contributed by atoms with Gasteiger partial charge in [0.1, 0.15) is 0 Å². The zero-order valence-corrected chi connectivity index (χ0v) is 15.8. The molecule has 0 bridgehead atoms. The van der Waals surface area contributed by atoms with Gasteiger partial charge >= 0.3 is 5.97 Å². The molecule has 1 aromatic heterocycles. The normalized spacial score (nSPS) is 16.5. The first-order valence-electron chi connectivity index (χ1n) is 7.35. The molecule has 0 fully saturated rings. The van der Waals surface area contributed by atoms with Gasteiger partial charge in [-0.3, -0.25) is 4.90 Å². The molecule has 1 aliphatic heterocycles. The van der Waals surface area contributed by atoms with Gasteiger partial charge in [-0.1, -0.05) is 24.3 Å². The molecule has 0 amide bonds. The van der Waals surface area contributed by atoms with Crippen molar-refractivity contribution in [3.8, 4) is 0 Å². The minimum atomic E-state index is -0.348. The smallest absolute Gasteiger partial charge is 0.367 e. The van der Waals surface area contributed by atoms with E-state index < -0.39 is 0 Å². The molecular weight excluding hydrogens is 369 g/mol. The van der Waals surface area contributed by atoms with Crippen molar-refractivity contribution in [3.63, 3.8) is 0 Å². The highest BCUT2D eigenvalue weighted by atomic mass is 35.5. The Labute approximate surface area is 158 Å². The summed E-state index contributed by atoms with van der Waals surface area (Å²) in [5.41, 5.74) is 8.76. The van der Waals surface area contributed by atoms with Gasteiger partial charge in [0.15, 0.2) is 0 Å². The molecule has 1 aromatic carbocycles. The van der Waals surface area contributed by atoms with Gasteiger partial charge in [-0.25, -0.2) is 9.78 Å². The first-order valence-corrected chi connectivity index (χ1v) is 8.16. The highest BCUT2D eigenvalue weighted by molar-refractivity contribution is 7.13. The molecule has 24 heavy (non-hydrogen) atoms. The standard InChI is InChI=1S/C16H19N3O2S.2ClH/c1-2-21-16(20)15-18-7-12(22-15)9-19-8-11-5-3-4-6-13(11)14(17)10-19;;/h3-7,14H,2,8-10,17H2,1H3;2*1H. The number of carbonyl (C=O) groups excluding carboxylic acids is 1. The molecule has 0 spiro atoms. The van der Waals surface area contributed by atoms with E-state index in [4.69, 9.17) is 10.5 Å². The zero-order valence-electron chi connectivity index (χ0n) is 13.3. The maximum absolute atomic E-state index is 11.7. The summed E-state index contributed by atoms with van der Waals surface area (Å²) in [5.74, 6) is -0.348. The average molecular weight is 390 g/mol. The first-order chi connectivity index (χ1) is 10.7. The van der Waals surface area contributed by atoms with Crippen LogP contribution in [-0.4, -0.2) is 29.0 Å². The monoisotopic (exact) mass is 389 g/mol. The molecule has 2 N–H and O–H groups in total. The van der Waals surface area contributed by atoms with Gasteiger partial charge in [-0.2, -0.15) is 0 Å². The molecule has 1 atom stereocenters. The number of ether oxygens (including phenoxy) is 1. The van der Waals surface area contributed by atoms with Crippen LogP contribution in [0.1, 0.15) is 38.8 Å². The first kappa shape index (κ1) is 20.9. The molecule has 2 heterocycles. The number of carbonyl (C=O) groups is 1. The van der Waals surface area contributed by atoms with Gasteiger partial charge in [-0.15, -0.1) is 36.2 Å². The number of rotatable bonds is 4. The Morgan fingerprint density at radius 1 is 1.42 bits per heavy atom. The van der Waals surface area contributed by atoms with E-state index in [9.17, 15) is 4.79 Å². The quantitative estimate of drug-likeness (QED) is 0.813. The summed E-state index contributed by atoms with van der Waals surface area (Å²) in [5, 5.41) is 0.415. The van der Waals surface area contributed by atoms with Crippen molar-refractivity contribution in [2.75, 3.05) is 13.2 Å². The van der Waals surface area contributed by atoms with E-state index in [2.05, 4.69) is 22.0 Å². The van der Waals surface area contributed by atoms with Crippen LogP contribution in [0.15, 0.2) is 30.5 Å². The van der Waals surface area contributed by atoms with Crippen molar-refractivity contribution in [2.45, 2.75) is 26.1 Å². The van der Waals surface area contributed by atoms with E-state index in [1.807, 2.05) is 12.1 Å². The topological polar surface area (TPSA) is 68.5 Å². The molecule has 0 saturated carbocycles. The Hall–Kier alpha value is -1.18. The summed E-state index contributed by atoms with van der Waals surface area (Å²) in [6.45, 7) is 4.59. The maximum Gasteiger partial charge on any atom is 0.367 e. The molecule has 1 aliphatic rings. The van der Waals surface area contributed by atoms with Crippen LogP contribution in [0.3, 0.4) is 0 Å². The molecule has 8 heteroatoms. The highest BCUT2D eigenvalue weighted by Crippen LogP contribution is 2.26. The molecule has 3 rings (SSSR count). The van der Waals surface area contributed by atoms with E-state index in [0.717, 1.165) is 24.5 Å². The van der Waals surface area contributed by atoms with Crippen molar-refractivity contribution < 1.29 is 9.53 Å². The van der Waals surface area contributed by atoms with Crippen molar-refractivity contribution in [1.82, 2.24) is 9.88 Å². The lowest BCUT2D eigenvalue weighted by Crippen LogP contribution is -2.36. The number of nitrogens with two attached hydrogens (primary N) is 1. The second kappa shape index (κ2) is 9.34.